The fourth-order valence-corrected chi connectivity index (χ4v) is 4.88. The Morgan fingerprint density at radius 3 is 2.77 bits per heavy atom. The molecule has 26 heavy (non-hydrogen) atoms. The standard InChI is InChI=1S/C22H28O4/c1-20(2)25-19-18(17-10-4-6-14-22(17,19)26-20)16(15-23)9-3-5-11-21(24)12-7-8-13-21/h5,10-11,19,23-24H,4,6-8,12-15H2,1-2H3/b11-5+,18-16+/t19-,22+/m0/s1. The van der Waals surface area contributed by atoms with Crippen molar-refractivity contribution in [3.8, 4) is 11.8 Å². The van der Waals surface area contributed by atoms with E-state index in [0.717, 1.165) is 56.1 Å². The van der Waals surface area contributed by atoms with Crippen LogP contribution in [0.25, 0.3) is 0 Å². The van der Waals surface area contributed by atoms with Gasteiger partial charge in [-0.1, -0.05) is 30.8 Å². The van der Waals surface area contributed by atoms with Crippen LogP contribution in [0.1, 0.15) is 58.8 Å². The van der Waals surface area contributed by atoms with Gasteiger partial charge in [0.05, 0.1) is 12.2 Å². The average Bonchev–Trinajstić information content (AvgIpc) is 3.10. The molecule has 4 nitrogen and oxygen atoms in total. The lowest BCUT2D eigenvalue weighted by Crippen LogP contribution is -2.55. The number of ether oxygens (including phenoxy) is 2. The smallest absolute Gasteiger partial charge is 0.165 e. The van der Waals surface area contributed by atoms with E-state index < -0.39 is 11.4 Å². The highest BCUT2D eigenvalue weighted by Crippen LogP contribution is 2.60. The first-order chi connectivity index (χ1) is 12.4. The molecule has 2 N–H and O–H groups in total. The van der Waals surface area contributed by atoms with Crippen LogP contribution >= 0.6 is 0 Å². The van der Waals surface area contributed by atoms with Crippen molar-refractivity contribution in [3.05, 3.63) is 34.9 Å². The first kappa shape index (κ1) is 18.0. The lowest BCUT2D eigenvalue weighted by atomic mass is 9.61. The fraction of sp³-hybridized carbons (Fsp3) is 0.636. The Bertz CT molecular complexity index is 740. The molecule has 4 heteroatoms. The molecule has 3 aliphatic carbocycles. The normalized spacial score (nSPS) is 35.8. The first-order valence-corrected chi connectivity index (χ1v) is 9.74. The zero-order chi connectivity index (χ0) is 18.4. The SMILES string of the molecule is CC1(C)O[C@H]2/C(=C(\C#C/C=C/C3(O)CCCC3)CO)C3=CCCC[C@@]32O1. The summed E-state index contributed by atoms with van der Waals surface area (Å²) in [7, 11) is 0. The van der Waals surface area contributed by atoms with Gasteiger partial charge in [0.25, 0.3) is 0 Å². The summed E-state index contributed by atoms with van der Waals surface area (Å²) >= 11 is 0. The van der Waals surface area contributed by atoms with E-state index in [1.54, 1.807) is 12.2 Å². The molecule has 4 aliphatic rings. The molecule has 0 aromatic heterocycles. The van der Waals surface area contributed by atoms with Gasteiger partial charge in [-0.05, 0) is 63.7 Å². The van der Waals surface area contributed by atoms with E-state index >= 15 is 0 Å². The first-order valence-electron chi connectivity index (χ1n) is 9.74. The highest BCUT2D eigenvalue weighted by atomic mass is 16.8. The van der Waals surface area contributed by atoms with Crippen LogP contribution in [0.2, 0.25) is 0 Å². The quantitative estimate of drug-likeness (QED) is 0.746. The molecule has 0 amide bonds. The molecule has 1 heterocycles. The average molecular weight is 356 g/mol. The molecule has 0 aromatic carbocycles. The van der Waals surface area contributed by atoms with E-state index in [2.05, 4.69) is 17.9 Å². The lowest BCUT2D eigenvalue weighted by molar-refractivity contribution is -0.153. The van der Waals surface area contributed by atoms with E-state index in [1.807, 2.05) is 13.8 Å². The fourth-order valence-electron chi connectivity index (χ4n) is 4.88. The molecular weight excluding hydrogens is 328 g/mol. The van der Waals surface area contributed by atoms with Crippen LogP contribution in [-0.2, 0) is 9.47 Å². The van der Waals surface area contributed by atoms with Gasteiger partial charge < -0.3 is 19.7 Å². The third kappa shape index (κ3) is 2.88. The molecule has 2 atom stereocenters. The largest absolute Gasteiger partial charge is 0.391 e. The van der Waals surface area contributed by atoms with Gasteiger partial charge in [-0.3, -0.25) is 0 Å². The molecule has 1 aliphatic heterocycles. The number of rotatable bonds is 2. The van der Waals surface area contributed by atoms with Gasteiger partial charge in [0.2, 0.25) is 0 Å². The van der Waals surface area contributed by atoms with E-state index in [-0.39, 0.29) is 18.3 Å². The molecule has 0 radical (unpaired) electrons. The maximum atomic E-state index is 10.4. The summed E-state index contributed by atoms with van der Waals surface area (Å²) < 4.78 is 12.4. The minimum Gasteiger partial charge on any atom is -0.391 e. The van der Waals surface area contributed by atoms with Crippen LogP contribution in [0, 0.1) is 11.8 Å². The van der Waals surface area contributed by atoms with Crippen molar-refractivity contribution in [2.24, 2.45) is 0 Å². The summed E-state index contributed by atoms with van der Waals surface area (Å²) in [5.41, 5.74) is 1.79. The molecule has 4 rings (SSSR count). The topological polar surface area (TPSA) is 58.9 Å². The molecule has 140 valence electrons. The Morgan fingerprint density at radius 2 is 2.04 bits per heavy atom. The Hall–Kier alpha value is -1.38. The minimum atomic E-state index is -0.703. The van der Waals surface area contributed by atoms with E-state index in [0.29, 0.717) is 5.57 Å². The summed E-state index contributed by atoms with van der Waals surface area (Å²) in [5.74, 6) is 5.46. The van der Waals surface area contributed by atoms with Crippen molar-refractivity contribution in [2.45, 2.75) is 81.9 Å². The molecule has 1 saturated heterocycles. The maximum absolute atomic E-state index is 10.4. The van der Waals surface area contributed by atoms with Crippen LogP contribution in [0.5, 0.6) is 0 Å². The Labute approximate surface area is 155 Å². The molecule has 2 saturated carbocycles. The molecule has 1 spiro atoms. The molecular formula is C22H28O4. The van der Waals surface area contributed by atoms with Gasteiger partial charge in [0, 0.05) is 11.1 Å². The summed E-state index contributed by atoms with van der Waals surface area (Å²) in [6, 6.07) is 0. The molecule has 3 fully saturated rings. The van der Waals surface area contributed by atoms with Crippen molar-refractivity contribution in [1.82, 2.24) is 0 Å². The Balaban J connectivity index is 1.61. The van der Waals surface area contributed by atoms with Crippen molar-refractivity contribution < 1.29 is 19.7 Å². The number of allylic oxidation sites excluding steroid dienone is 2. The van der Waals surface area contributed by atoms with Gasteiger partial charge >= 0.3 is 0 Å². The summed E-state index contributed by atoms with van der Waals surface area (Å²) in [6.07, 6.45) is 12.4. The highest BCUT2D eigenvalue weighted by molar-refractivity contribution is 5.63. The van der Waals surface area contributed by atoms with E-state index in [9.17, 15) is 10.2 Å². The van der Waals surface area contributed by atoms with Crippen molar-refractivity contribution in [1.29, 1.82) is 0 Å². The Morgan fingerprint density at radius 1 is 1.27 bits per heavy atom. The summed E-state index contributed by atoms with van der Waals surface area (Å²) in [6.45, 7) is 3.77. The van der Waals surface area contributed by atoms with Gasteiger partial charge in [0.1, 0.15) is 11.7 Å². The van der Waals surface area contributed by atoms with Gasteiger partial charge in [0.15, 0.2) is 5.79 Å². The second-order valence-corrected chi connectivity index (χ2v) is 8.36. The zero-order valence-corrected chi connectivity index (χ0v) is 15.7. The van der Waals surface area contributed by atoms with Gasteiger partial charge in [-0.25, -0.2) is 0 Å². The van der Waals surface area contributed by atoms with E-state index in [1.165, 1.54) is 0 Å². The number of aliphatic hydroxyl groups excluding tert-OH is 1. The predicted molar refractivity (Wildman–Crippen MR) is 99.1 cm³/mol. The van der Waals surface area contributed by atoms with E-state index in [4.69, 9.17) is 9.47 Å². The Kier molecular flexibility index (Phi) is 4.40. The highest BCUT2D eigenvalue weighted by Gasteiger charge is 2.66. The second kappa shape index (κ2) is 6.35. The maximum Gasteiger partial charge on any atom is 0.165 e. The lowest BCUT2D eigenvalue weighted by Gasteiger charge is -2.49. The third-order valence-corrected chi connectivity index (χ3v) is 6.01. The number of aliphatic hydroxyl groups is 2. The second-order valence-electron chi connectivity index (χ2n) is 8.36. The van der Waals surface area contributed by atoms with Crippen molar-refractivity contribution >= 4 is 0 Å². The minimum absolute atomic E-state index is 0.117. The zero-order valence-electron chi connectivity index (χ0n) is 15.7. The van der Waals surface area contributed by atoms with Crippen molar-refractivity contribution in [2.75, 3.05) is 6.61 Å². The van der Waals surface area contributed by atoms with Crippen LogP contribution in [-0.4, -0.2) is 39.9 Å². The monoisotopic (exact) mass is 356 g/mol. The van der Waals surface area contributed by atoms with Crippen molar-refractivity contribution in [3.63, 3.8) is 0 Å². The van der Waals surface area contributed by atoms with Crippen LogP contribution in [0.15, 0.2) is 34.9 Å². The third-order valence-electron chi connectivity index (χ3n) is 6.01. The number of hydrogen-bond acceptors (Lipinski definition) is 4. The molecule has 0 aromatic rings. The molecule has 0 unspecified atom stereocenters. The number of hydrogen-bond donors (Lipinski definition) is 2. The predicted octanol–water partition coefficient (Wildman–Crippen LogP) is 3.15. The van der Waals surface area contributed by atoms with Gasteiger partial charge in [-0.15, -0.1) is 0 Å². The van der Waals surface area contributed by atoms with Crippen LogP contribution in [0.4, 0.5) is 0 Å². The molecule has 0 bridgehead atoms. The summed E-state index contributed by atoms with van der Waals surface area (Å²) in [4.78, 5) is 0. The summed E-state index contributed by atoms with van der Waals surface area (Å²) in [5, 5.41) is 20.3. The van der Waals surface area contributed by atoms with Crippen LogP contribution < -0.4 is 0 Å². The van der Waals surface area contributed by atoms with Gasteiger partial charge in [-0.2, -0.15) is 0 Å². The van der Waals surface area contributed by atoms with Crippen LogP contribution in [0.3, 0.4) is 0 Å².